The average Bonchev–Trinajstić information content (AvgIpc) is 3.76. The van der Waals surface area contributed by atoms with Crippen molar-refractivity contribution in [2.24, 2.45) is 23.2 Å². The summed E-state index contributed by atoms with van der Waals surface area (Å²) in [6.07, 6.45) is 0.908. The zero-order valence-electron chi connectivity index (χ0n) is 37.3. The number of nitrogens with zero attached hydrogens (tertiary/aromatic N) is 4. The molecular formula is C37H62N7O17P3S-4. The molecule has 1 saturated heterocycles. The van der Waals surface area contributed by atoms with Gasteiger partial charge in [0.05, 0.1) is 27.4 Å². The van der Waals surface area contributed by atoms with Crippen LogP contribution in [0, 0.1) is 23.2 Å². The van der Waals surface area contributed by atoms with Gasteiger partial charge in [-0.1, -0.05) is 91.8 Å². The topological polar surface area (TPSA) is 375 Å². The molecular weight excluding hydrogens is 939 g/mol. The number of carbonyl (C=O) groups is 3. The van der Waals surface area contributed by atoms with Crippen LogP contribution >= 0.6 is 35.2 Å². The summed E-state index contributed by atoms with van der Waals surface area (Å²) in [5.74, 6) is 0.746. The summed E-state index contributed by atoms with van der Waals surface area (Å²) in [5, 5.41) is 26.5. The Morgan fingerprint density at radius 1 is 0.923 bits per heavy atom. The second-order valence-electron chi connectivity index (χ2n) is 17.2. The standard InChI is InChI=1S/C37H66N7O17P3S/c1-23(2)9-7-10-24(3)11-8-12-25(4)13-14-28(46)65-18-17-39-27(45)15-16-40-35(49)32(48)37(5,6)20-58-64(55,56)61-63(53,54)57-19-26-31(60-62(50,51)52)30(47)36(59-26)44-22-43-29-33(38)41-21-42-34(29)44/h21-26,30-32,36,47-48H,7-20H2,1-6H3,(H,39,45)(H,40,49)(H,53,54)(H,55,56)(H2,38,41,42)(H2,50,51,52)/p-4/t24?,25?,26-,30-,31-,32+,36-/m1/s1. The number of rotatable bonds is 30. The second kappa shape index (κ2) is 25.8. The fraction of sp³-hybridized carbons (Fsp3) is 0.784. The fourth-order valence-corrected chi connectivity index (χ4v) is 10.1. The summed E-state index contributed by atoms with van der Waals surface area (Å²) in [7, 11) is -17.6. The number of thioether (sulfide) groups is 1. The molecule has 1 aliphatic rings. The predicted octanol–water partition coefficient (Wildman–Crippen LogP) is 1.19. The van der Waals surface area contributed by atoms with E-state index in [9.17, 15) is 57.9 Å². The van der Waals surface area contributed by atoms with Gasteiger partial charge < -0.3 is 69.0 Å². The lowest BCUT2D eigenvalue weighted by molar-refractivity contribution is -0.347. The third kappa shape index (κ3) is 20.0. The molecule has 3 rings (SSSR count). The Morgan fingerprint density at radius 2 is 1.55 bits per heavy atom. The van der Waals surface area contributed by atoms with Crippen LogP contribution in [0.25, 0.3) is 11.2 Å². The largest absolute Gasteiger partial charge is 0.790 e. The highest BCUT2D eigenvalue weighted by Gasteiger charge is 2.47. The molecule has 4 unspecified atom stereocenters. The lowest BCUT2D eigenvalue weighted by Crippen LogP contribution is -2.46. The number of anilines is 1. The van der Waals surface area contributed by atoms with Crippen molar-refractivity contribution < 1.29 is 80.5 Å². The zero-order valence-corrected chi connectivity index (χ0v) is 40.8. The number of nitrogens with two attached hydrogens (primary N) is 1. The van der Waals surface area contributed by atoms with E-state index in [-0.39, 0.29) is 41.6 Å². The Balaban J connectivity index is 1.36. The van der Waals surface area contributed by atoms with Gasteiger partial charge in [-0.3, -0.25) is 28.1 Å². The first-order valence-electron chi connectivity index (χ1n) is 21.2. The smallest absolute Gasteiger partial charge is 0.274 e. The minimum absolute atomic E-state index is 0.0190. The first-order valence-corrected chi connectivity index (χ1v) is 26.5. The molecule has 0 radical (unpaired) electrons. The van der Waals surface area contributed by atoms with E-state index >= 15 is 0 Å². The third-order valence-corrected chi connectivity index (χ3v) is 14.4. The van der Waals surface area contributed by atoms with Gasteiger partial charge in [-0.25, -0.2) is 19.3 Å². The normalized spacial score (nSPS) is 21.4. The molecule has 2 aromatic heterocycles. The van der Waals surface area contributed by atoms with Gasteiger partial charge in [0.15, 0.2) is 22.8 Å². The number of hydrogen-bond acceptors (Lipinski definition) is 22. The molecule has 372 valence electrons. The van der Waals surface area contributed by atoms with Crippen LogP contribution in [0.3, 0.4) is 0 Å². The minimum Gasteiger partial charge on any atom is -0.790 e. The van der Waals surface area contributed by atoms with Gasteiger partial charge in [0.25, 0.3) is 15.6 Å². The number of phosphoric acid groups is 3. The molecule has 1 aliphatic heterocycles. The first-order chi connectivity index (χ1) is 30.2. The van der Waals surface area contributed by atoms with Crippen LogP contribution in [-0.2, 0) is 50.7 Å². The molecule has 2 aromatic rings. The first kappa shape index (κ1) is 56.9. The van der Waals surface area contributed by atoms with Gasteiger partial charge in [-0.05, 0) is 24.2 Å². The number of aliphatic hydroxyl groups excluding tert-OH is 2. The quantitative estimate of drug-likeness (QED) is 0.0542. The van der Waals surface area contributed by atoms with Crippen LogP contribution in [0.5, 0.6) is 0 Å². The molecule has 3 heterocycles. The van der Waals surface area contributed by atoms with Crippen molar-refractivity contribution in [1.29, 1.82) is 0 Å². The molecule has 0 spiro atoms. The lowest BCUT2D eigenvalue weighted by Gasteiger charge is -2.36. The molecule has 6 N–H and O–H groups in total. The molecule has 2 amide bonds. The molecule has 0 saturated carbocycles. The SMILES string of the molecule is CC(C)CCCC(C)CCCC(C)CCC(=O)SCCNC(=O)CCNC(=O)[C@H](O)C(C)(C)COP(=O)([O-])OP(=O)([O-])OC[C@H]1O[C@@H](n2cnc3c(N)ncnc32)[C@H](O)[C@@H]1OP(=O)([O-])[O-]. The number of nitrogen functional groups attached to an aromatic ring is 1. The number of imidazole rings is 1. The van der Waals surface area contributed by atoms with E-state index in [0.717, 1.165) is 54.2 Å². The lowest BCUT2D eigenvalue weighted by atomic mass is 9.87. The highest BCUT2D eigenvalue weighted by Crippen LogP contribution is 2.56. The monoisotopic (exact) mass is 1000 g/mol. The van der Waals surface area contributed by atoms with Crippen molar-refractivity contribution in [3.8, 4) is 0 Å². The van der Waals surface area contributed by atoms with Crippen LogP contribution in [-0.4, -0.2) is 103 Å². The van der Waals surface area contributed by atoms with Gasteiger partial charge in [-0.15, -0.1) is 0 Å². The Kier molecular flexibility index (Phi) is 22.6. The molecule has 0 aromatic carbocycles. The zero-order chi connectivity index (χ0) is 48.8. The van der Waals surface area contributed by atoms with Gasteiger partial charge in [0.2, 0.25) is 11.8 Å². The van der Waals surface area contributed by atoms with E-state index in [1.54, 1.807) is 0 Å². The molecule has 24 nitrogen and oxygen atoms in total. The third-order valence-electron chi connectivity index (χ3n) is 10.5. The van der Waals surface area contributed by atoms with Crippen molar-refractivity contribution in [1.82, 2.24) is 30.2 Å². The highest BCUT2D eigenvalue weighted by atomic mass is 32.2. The van der Waals surface area contributed by atoms with E-state index in [0.29, 0.717) is 24.0 Å². The number of nitrogens with one attached hydrogen (secondary N) is 2. The maximum absolute atomic E-state index is 12.6. The number of aliphatic hydroxyl groups is 2. The van der Waals surface area contributed by atoms with Crippen molar-refractivity contribution in [2.75, 3.05) is 37.8 Å². The summed E-state index contributed by atoms with van der Waals surface area (Å²) in [6.45, 7) is 9.12. The maximum Gasteiger partial charge on any atom is 0.274 e. The average molecular weight is 1000 g/mol. The fourth-order valence-electron chi connectivity index (χ4n) is 6.69. The van der Waals surface area contributed by atoms with Gasteiger partial charge >= 0.3 is 0 Å². The Bertz CT molecular complexity index is 2010. The maximum atomic E-state index is 12.6. The van der Waals surface area contributed by atoms with E-state index in [1.807, 2.05) is 0 Å². The van der Waals surface area contributed by atoms with E-state index in [4.69, 9.17) is 10.5 Å². The van der Waals surface area contributed by atoms with Crippen LogP contribution < -0.4 is 35.9 Å². The van der Waals surface area contributed by atoms with Gasteiger partial charge in [-0.2, -0.15) is 0 Å². The van der Waals surface area contributed by atoms with Crippen LogP contribution in [0.4, 0.5) is 5.82 Å². The number of ether oxygens (including phenoxy) is 1. The summed E-state index contributed by atoms with van der Waals surface area (Å²) in [4.78, 5) is 97.0. The minimum atomic E-state index is -5.92. The number of carbonyl (C=O) groups excluding carboxylic acids is 3. The van der Waals surface area contributed by atoms with Crippen molar-refractivity contribution >= 4 is 69.1 Å². The summed E-state index contributed by atoms with van der Waals surface area (Å²) in [6, 6.07) is 0. The summed E-state index contributed by atoms with van der Waals surface area (Å²) < 4.78 is 60.8. The van der Waals surface area contributed by atoms with Crippen molar-refractivity contribution in [3.05, 3.63) is 12.7 Å². The molecule has 0 bridgehead atoms. The molecule has 1 fully saturated rings. The number of fused-ring (bicyclic) bond motifs is 1. The Hall–Kier alpha value is -2.44. The van der Waals surface area contributed by atoms with Crippen LogP contribution in [0.15, 0.2) is 12.7 Å². The molecule has 65 heavy (non-hydrogen) atoms. The summed E-state index contributed by atoms with van der Waals surface area (Å²) >= 11 is 1.14. The van der Waals surface area contributed by atoms with Crippen molar-refractivity contribution in [2.45, 2.75) is 130 Å². The Morgan fingerprint density at radius 3 is 2.20 bits per heavy atom. The second-order valence-corrected chi connectivity index (χ2v) is 22.4. The highest BCUT2D eigenvalue weighted by molar-refractivity contribution is 8.13. The van der Waals surface area contributed by atoms with Crippen LogP contribution in [0.1, 0.15) is 106 Å². The van der Waals surface area contributed by atoms with Crippen LogP contribution in [0.2, 0.25) is 0 Å². The molecule has 28 heteroatoms. The van der Waals surface area contributed by atoms with E-state index in [1.165, 1.54) is 39.5 Å². The number of aromatic nitrogens is 4. The van der Waals surface area contributed by atoms with E-state index < -0.39 is 84.6 Å². The predicted molar refractivity (Wildman–Crippen MR) is 228 cm³/mol. The van der Waals surface area contributed by atoms with E-state index in [2.05, 4.69) is 71.2 Å². The van der Waals surface area contributed by atoms with Gasteiger partial charge in [0.1, 0.15) is 36.3 Å². The Labute approximate surface area is 382 Å². The molecule has 0 aliphatic carbocycles. The molecule has 9 atom stereocenters. The number of amides is 2. The summed E-state index contributed by atoms with van der Waals surface area (Å²) in [5.41, 5.74) is 4.09. The number of hydrogen-bond donors (Lipinski definition) is 5. The number of phosphoric ester groups is 3. The van der Waals surface area contributed by atoms with Gasteiger partial charge in [0, 0.05) is 37.1 Å². The van der Waals surface area contributed by atoms with Crippen molar-refractivity contribution in [3.63, 3.8) is 0 Å².